The van der Waals surface area contributed by atoms with Crippen molar-refractivity contribution in [2.24, 2.45) is 0 Å². The van der Waals surface area contributed by atoms with Crippen LogP contribution in [-0.2, 0) is 19.6 Å². The summed E-state index contributed by atoms with van der Waals surface area (Å²) < 4.78 is 35.3. The quantitative estimate of drug-likeness (QED) is 0.536. The number of hydrogen-bond donors (Lipinski definition) is 1. The first-order chi connectivity index (χ1) is 13.0. The van der Waals surface area contributed by atoms with Crippen molar-refractivity contribution in [3.05, 3.63) is 59.2 Å². The Morgan fingerprint density at radius 3 is 2.32 bits per heavy atom. The molecule has 0 saturated carbocycles. The zero-order valence-electron chi connectivity index (χ0n) is 16.2. The Labute approximate surface area is 164 Å². The summed E-state index contributed by atoms with van der Waals surface area (Å²) in [5, 5.41) is 0. The minimum absolute atomic E-state index is 0.301. The smallest absolute Gasteiger partial charge is 0.344 e. The number of hydrogen-bond acceptors (Lipinski definition) is 6. The van der Waals surface area contributed by atoms with E-state index >= 15 is 0 Å². The first kappa shape index (κ1) is 21.4. The third kappa shape index (κ3) is 6.38. The van der Waals surface area contributed by atoms with Crippen LogP contribution in [0.3, 0.4) is 0 Å². The van der Waals surface area contributed by atoms with E-state index in [0.717, 1.165) is 17.4 Å². The summed E-state index contributed by atoms with van der Waals surface area (Å²) in [7, 11) is -3.40. The van der Waals surface area contributed by atoms with Crippen molar-refractivity contribution < 1.29 is 27.5 Å². The van der Waals surface area contributed by atoms with E-state index in [-0.39, 0.29) is 6.61 Å². The van der Waals surface area contributed by atoms with Crippen molar-refractivity contribution >= 4 is 27.5 Å². The van der Waals surface area contributed by atoms with Gasteiger partial charge in [-0.15, -0.1) is 0 Å². The second-order valence-electron chi connectivity index (χ2n) is 6.51. The Bertz CT molecular complexity index is 967. The van der Waals surface area contributed by atoms with Gasteiger partial charge >= 0.3 is 5.97 Å². The highest BCUT2D eigenvalue weighted by Crippen LogP contribution is 2.19. The van der Waals surface area contributed by atoms with Crippen LogP contribution < -0.4 is 9.46 Å². The van der Waals surface area contributed by atoms with Gasteiger partial charge in [0.05, 0.1) is 6.26 Å². The molecule has 2 aromatic carbocycles. The van der Waals surface area contributed by atoms with E-state index in [1.807, 2.05) is 32.0 Å². The Balaban J connectivity index is 1.92. The normalized spacial score (nSPS) is 12.1. The van der Waals surface area contributed by atoms with Crippen LogP contribution >= 0.6 is 0 Å². The van der Waals surface area contributed by atoms with Crippen molar-refractivity contribution in [3.63, 3.8) is 0 Å². The molecular weight excluding hydrogens is 382 g/mol. The van der Waals surface area contributed by atoms with Gasteiger partial charge in [-0.25, -0.2) is 13.2 Å². The molecule has 1 N–H and O–H groups in total. The summed E-state index contributed by atoms with van der Waals surface area (Å²) in [5.41, 5.74) is 2.54. The molecule has 1 atom stereocenters. The van der Waals surface area contributed by atoms with E-state index in [1.54, 1.807) is 0 Å². The molecule has 28 heavy (non-hydrogen) atoms. The van der Waals surface area contributed by atoms with Crippen LogP contribution in [0.2, 0.25) is 0 Å². The van der Waals surface area contributed by atoms with Crippen molar-refractivity contribution in [1.29, 1.82) is 0 Å². The van der Waals surface area contributed by atoms with E-state index in [2.05, 4.69) is 4.72 Å². The highest BCUT2D eigenvalue weighted by molar-refractivity contribution is 7.92. The van der Waals surface area contributed by atoms with Crippen molar-refractivity contribution in [3.8, 4) is 5.75 Å². The number of carbonyl (C=O) groups excluding carboxylic acids is 2. The average Bonchev–Trinajstić information content (AvgIpc) is 2.61. The molecule has 0 aliphatic rings. The number of ether oxygens (including phenoxy) is 2. The van der Waals surface area contributed by atoms with Gasteiger partial charge in [0.15, 0.2) is 12.7 Å². The predicted octanol–water partition coefficient (Wildman–Crippen LogP) is 2.87. The molecule has 0 radical (unpaired) electrons. The highest BCUT2D eigenvalue weighted by atomic mass is 32.2. The SMILES string of the molecule is Cc1ccc(C)c(OCC(=O)O[C@@H](C)C(=O)c2ccc(NS(C)(=O)=O)cc2)c1. The molecule has 0 aromatic heterocycles. The monoisotopic (exact) mass is 405 g/mol. The minimum Gasteiger partial charge on any atom is -0.482 e. The van der Waals surface area contributed by atoms with Gasteiger partial charge in [0.25, 0.3) is 0 Å². The van der Waals surface area contributed by atoms with Crippen LogP contribution in [0.25, 0.3) is 0 Å². The van der Waals surface area contributed by atoms with Gasteiger partial charge in [0.2, 0.25) is 15.8 Å². The van der Waals surface area contributed by atoms with E-state index in [0.29, 0.717) is 17.0 Å². The molecule has 7 nitrogen and oxygen atoms in total. The number of esters is 1. The maximum atomic E-state index is 12.4. The zero-order chi connectivity index (χ0) is 20.9. The number of benzene rings is 2. The molecule has 8 heteroatoms. The molecule has 0 heterocycles. The van der Waals surface area contributed by atoms with Gasteiger partial charge in [-0.2, -0.15) is 0 Å². The fraction of sp³-hybridized carbons (Fsp3) is 0.300. The first-order valence-electron chi connectivity index (χ1n) is 8.57. The van der Waals surface area contributed by atoms with Crippen molar-refractivity contribution in [1.82, 2.24) is 0 Å². The van der Waals surface area contributed by atoms with Crippen LogP contribution in [-0.4, -0.2) is 39.1 Å². The van der Waals surface area contributed by atoms with Gasteiger partial charge in [-0.3, -0.25) is 9.52 Å². The van der Waals surface area contributed by atoms with Crippen LogP contribution in [0.5, 0.6) is 5.75 Å². The molecule has 0 bridgehead atoms. The summed E-state index contributed by atoms with van der Waals surface area (Å²) in [6.45, 7) is 4.95. The fourth-order valence-corrected chi connectivity index (χ4v) is 3.00. The second kappa shape index (κ2) is 8.88. The topological polar surface area (TPSA) is 98.8 Å². The molecular formula is C20H23NO6S. The van der Waals surface area contributed by atoms with Gasteiger partial charge in [-0.05, 0) is 62.2 Å². The van der Waals surface area contributed by atoms with E-state index < -0.39 is 27.9 Å². The molecule has 0 unspecified atom stereocenters. The fourth-order valence-electron chi connectivity index (χ4n) is 2.44. The summed E-state index contributed by atoms with van der Waals surface area (Å²) >= 11 is 0. The molecule has 150 valence electrons. The highest BCUT2D eigenvalue weighted by Gasteiger charge is 2.20. The van der Waals surface area contributed by atoms with Gasteiger partial charge in [-0.1, -0.05) is 12.1 Å². The number of rotatable bonds is 8. The van der Waals surface area contributed by atoms with Crippen molar-refractivity contribution in [2.75, 3.05) is 17.6 Å². The third-order valence-corrected chi connectivity index (χ3v) is 4.45. The Morgan fingerprint density at radius 2 is 1.71 bits per heavy atom. The summed E-state index contributed by atoms with van der Waals surface area (Å²) in [5.74, 6) is -0.465. The van der Waals surface area contributed by atoms with Gasteiger partial charge in [0, 0.05) is 11.3 Å². The number of sulfonamides is 1. The lowest BCUT2D eigenvalue weighted by Gasteiger charge is -2.14. The molecule has 0 saturated heterocycles. The summed E-state index contributed by atoms with van der Waals surface area (Å²) in [4.78, 5) is 24.4. The minimum atomic E-state index is -3.40. The van der Waals surface area contributed by atoms with Gasteiger partial charge < -0.3 is 9.47 Å². The number of nitrogens with one attached hydrogen (secondary N) is 1. The number of carbonyl (C=O) groups is 2. The molecule has 0 aliphatic carbocycles. The van der Waals surface area contributed by atoms with Gasteiger partial charge in [0.1, 0.15) is 5.75 Å². The molecule has 2 rings (SSSR count). The number of Topliss-reactive ketones (excluding diaryl/α,β-unsaturated/α-hetero) is 1. The standard InChI is InChI=1S/C20H23NO6S/c1-13-5-6-14(2)18(11-13)26-12-19(22)27-15(3)20(23)16-7-9-17(10-8-16)21-28(4,24)25/h5-11,15,21H,12H2,1-4H3/t15-/m0/s1. The van der Waals surface area contributed by atoms with Crippen LogP contribution in [0.4, 0.5) is 5.69 Å². The summed E-state index contributed by atoms with van der Waals surface area (Å²) in [6.07, 6.45) is 0.0388. The van der Waals surface area contributed by atoms with Crippen molar-refractivity contribution in [2.45, 2.75) is 26.9 Å². The summed E-state index contributed by atoms with van der Waals surface area (Å²) in [6, 6.07) is 11.5. The second-order valence-corrected chi connectivity index (χ2v) is 8.25. The maximum Gasteiger partial charge on any atom is 0.344 e. The number of anilines is 1. The first-order valence-corrected chi connectivity index (χ1v) is 10.5. The van der Waals surface area contributed by atoms with Crippen LogP contribution in [0, 0.1) is 13.8 Å². The molecule has 0 aliphatic heterocycles. The predicted molar refractivity (Wildman–Crippen MR) is 106 cm³/mol. The Morgan fingerprint density at radius 1 is 1.07 bits per heavy atom. The van der Waals surface area contributed by atoms with E-state index in [1.165, 1.54) is 31.2 Å². The average molecular weight is 405 g/mol. The molecule has 0 fully saturated rings. The molecule has 0 amide bonds. The zero-order valence-corrected chi connectivity index (χ0v) is 17.0. The third-order valence-electron chi connectivity index (χ3n) is 3.84. The molecule has 2 aromatic rings. The van der Waals surface area contributed by atoms with Crippen LogP contribution in [0.1, 0.15) is 28.4 Å². The lowest BCUT2D eigenvalue weighted by atomic mass is 10.1. The lowest BCUT2D eigenvalue weighted by Crippen LogP contribution is -2.27. The van der Waals surface area contributed by atoms with E-state index in [4.69, 9.17) is 9.47 Å². The molecule has 0 spiro atoms. The maximum absolute atomic E-state index is 12.4. The Kier molecular flexibility index (Phi) is 6.80. The lowest BCUT2D eigenvalue weighted by molar-refractivity contribution is -0.148. The number of aryl methyl sites for hydroxylation is 2. The van der Waals surface area contributed by atoms with E-state index in [9.17, 15) is 18.0 Å². The number of ketones is 1. The largest absolute Gasteiger partial charge is 0.482 e. The van der Waals surface area contributed by atoms with Crippen LogP contribution in [0.15, 0.2) is 42.5 Å². The Hall–Kier alpha value is -2.87.